The number of carboxylic acid groups (broad SMARTS) is 1. The zero-order chi connectivity index (χ0) is 13.3. The summed E-state index contributed by atoms with van der Waals surface area (Å²) in [5.41, 5.74) is -0.229. The molecule has 0 saturated heterocycles. The normalized spacial score (nSPS) is 11.5. The van der Waals surface area contributed by atoms with E-state index in [2.05, 4.69) is 4.74 Å². The Morgan fingerprint density at radius 3 is 2.28 bits per heavy atom. The van der Waals surface area contributed by atoms with Crippen LogP contribution in [-0.2, 0) is 0 Å². The van der Waals surface area contributed by atoms with Gasteiger partial charge in [0.1, 0.15) is 5.75 Å². The Balaban J connectivity index is 2.70. The highest BCUT2D eigenvalue weighted by Crippen LogP contribution is 2.32. The quantitative estimate of drug-likeness (QED) is 0.895. The topological polar surface area (TPSA) is 46.5 Å². The van der Waals surface area contributed by atoms with Crippen LogP contribution in [0, 0.1) is 0 Å². The fraction of sp³-hybridized carbons (Fsp3) is 0.0833. The predicted molar refractivity (Wildman–Crippen MR) is 57.6 cm³/mol. The lowest BCUT2D eigenvalue weighted by atomic mass is 10.0. The van der Waals surface area contributed by atoms with Crippen LogP contribution in [0.1, 0.15) is 10.4 Å². The number of benzene rings is 2. The highest BCUT2D eigenvalue weighted by molar-refractivity contribution is 6.06. The van der Waals surface area contributed by atoms with Gasteiger partial charge in [-0.15, -0.1) is 13.2 Å². The van der Waals surface area contributed by atoms with E-state index in [1.807, 2.05) is 0 Å². The molecule has 0 saturated carbocycles. The zero-order valence-corrected chi connectivity index (χ0v) is 8.86. The van der Waals surface area contributed by atoms with Crippen LogP contribution < -0.4 is 4.74 Å². The van der Waals surface area contributed by atoms with Gasteiger partial charge in [0.15, 0.2) is 0 Å². The van der Waals surface area contributed by atoms with E-state index < -0.39 is 18.1 Å². The van der Waals surface area contributed by atoms with E-state index in [4.69, 9.17) is 5.11 Å². The molecule has 94 valence electrons. The van der Waals surface area contributed by atoms with Gasteiger partial charge in [-0.3, -0.25) is 0 Å². The summed E-state index contributed by atoms with van der Waals surface area (Å²) >= 11 is 0. The lowest BCUT2D eigenvalue weighted by Gasteiger charge is -2.12. The number of carboxylic acids is 1. The standard InChI is InChI=1S/C12H7F3O3/c13-12(14,15)18-9-6-2-4-7-3-1-5-8(10(7)9)11(16)17/h1-6H,(H,16,17). The van der Waals surface area contributed by atoms with Crippen molar-refractivity contribution in [3.63, 3.8) is 0 Å². The van der Waals surface area contributed by atoms with Crippen LogP contribution in [0.2, 0.25) is 0 Å². The molecule has 1 N–H and O–H groups in total. The van der Waals surface area contributed by atoms with E-state index >= 15 is 0 Å². The fourth-order valence-corrected chi connectivity index (χ4v) is 1.69. The van der Waals surface area contributed by atoms with E-state index in [9.17, 15) is 18.0 Å². The second-order valence-corrected chi connectivity index (χ2v) is 3.51. The molecule has 0 spiro atoms. The Morgan fingerprint density at radius 2 is 1.72 bits per heavy atom. The molecule has 0 unspecified atom stereocenters. The van der Waals surface area contributed by atoms with Crippen molar-refractivity contribution in [3.05, 3.63) is 42.0 Å². The first-order valence-corrected chi connectivity index (χ1v) is 4.89. The van der Waals surface area contributed by atoms with Crippen molar-refractivity contribution in [2.75, 3.05) is 0 Å². The van der Waals surface area contributed by atoms with Gasteiger partial charge in [0.05, 0.1) is 5.56 Å². The van der Waals surface area contributed by atoms with Crippen LogP contribution in [0.3, 0.4) is 0 Å². The third kappa shape index (κ3) is 2.37. The molecule has 0 aromatic heterocycles. The minimum absolute atomic E-state index is 0.0650. The SMILES string of the molecule is O=C(O)c1cccc2cccc(OC(F)(F)F)c12. The van der Waals surface area contributed by atoms with Crippen LogP contribution in [-0.4, -0.2) is 17.4 Å². The Kier molecular flexibility index (Phi) is 2.86. The molecular weight excluding hydrogens is 249 g/mol. The third-order valence-electron chi connectivity index (χ3n) is 2.32. The summed E-state index contributed by atoms with van der Waals surface area (Å²) in [7, 11) is 0. The summed E-state index contributed by atoms with van der Waals surface area (Å²) in [6, 6.07) is 8.18. The Labute approximate surface area is 99.4 Å². The number of alkyl halides is 3. The minimum atomic E-state index is -4.86. The summed E-state index contributed by atoms with van der Waals surface area (Å²) < 4.78 is 40.5. The molecule has 6 heteroatoms. The molecule has 0 aliphatic heterocycles. The maximum absolute atomic E-state index is 12.2. The number of fused-ring (bicyclic) bond motifs is 1. The fourth-order valence-electron chi connectivity index (χ4n) is 1.69. The van der Waals surface area contributed by atoms with E-state index in [1.54, 1.807) is 0 Å². The van der Waals surface area contributed by atoms with Gasteiger partial charge < -0.3 is 9.84 Å². The van der Waals surface area contributed by atoms with E-state index in [0.717, 1.165) is 6.07 Å². The molecule has 0 fully saturated rings. The summed E-state index contributed by atoms with van der Waals surface area (Å²) in [6.07, 6.45) is -4.86. The van der Waals surface area contributed by atoms with Gasteiger partial charge in [0, 0.05) is 5.39 Å². The van der Waals surface area contributed by atoms with Crippen LogP contribution in [0.5, 0.6) is 5.75 Å². The molecule has 0 radical (unpaired) electrons. The van der Waals surface area contributed by atoms with Crippen molar-refractivity contribution < 1.29 is 27.8 Å². The first-order valence-electron chi connectivity index (χ1n) is 4.89. The molecule has 0 heterocycles. The Bertz CT molecular complexity index is 600. The number of halogens is 3. The molecule has 18 heavy (non-hydrogen) atoms. The molecule has 2 aromatic rings. The van der Waals surface area contributed by atoms with Gasteiger partial charge in [-0.1, -0.05) is 24.3 Å². The van der Waals surface area contributed by atoms with Crippen molar-refractivity contribution in [1.82, 2.24) is 0 Å². The summed E-state index contributed by atoms with van der Waals surface area (Å²) in [6.45, 7) is 0. The largest absolute Gasteiger partial charge is 0.573 e. The smallest absolute Gasteiger partial charge is 0.478 e. The van der Waals surface area contributed by atoms with Gasteiger partial charge in [-0.05, 0) is 17.5 Å². The summed E-state index contributed by atoms with van der Waals surface area (Å²) in [5.74, 6) is -1.82. The lowest BCUT2D eigenvalue weighted by Crippen LogP contribution is -2.17. The summed E-state index contributed by atoms with van der Waals surface area (Å²) in [4.78, 5) is 11.0. The van der Waals surface area contributed by atoms with Crippen LogP contribution >= 0.6 is 0 Å². The van der Waals surface area contributed by atoms with Gasteiger partial charge in [-0.2, -0.15) is 0 Å². The number of hydrogen-bond donors (Lipinski definition) is 1. The van der Waals surface area contributed by atoms with Gasteiger partial charge in [-0.25, -0.2) is 4.79 Å². The highest BCUT2D eigenvalue weighted by atomic mass is 19.4. The average Bonchev–Trinajstić information content (AvgIpc) is 2.26. The Hall–Kier alpha value is -2.24. The lowest BCUT2D eigenvalue weighted by molar-refractivity contribution is -0.274. The highest BCUT2D eigenvalue weighted by Gasteiger charge is 2.32. The maximum atomic E-state index is 12.2. The van der Waals surface area contributed by atoms with Crippen molar-refractivity contribution >= 4 is 16.7 Å². The second kappa shape index (κ2) is 4.21. The van der Waals surface area contributed by atoms with Crippen LogP contribution in [0.15, 0.2) is 36.4 Å². The van der Waals surface area contributed by atoms with Crippen LogP contribution in [0.25, 0.3) is 10.8 Å². The maximum Gasteiger partial charge on any atom is 0.573 e. The van der Waals surface area contributed by atoms with Crippen LogP contribution in [0.4, 0.5) is 13.2 Å². The molecule has 0 aliphatic carbocycles. The summed E-state index contributed by atoms with van der Waals surface area (Å²) in [5, 5.41) is 9.28. The molecule has 0 amide bonds. The molecular formula is C12H7F3O3. The molecule has 0 aliphatic rings. The van der Waals surface area contributed by atoms with Crippen molar-refractivity contribution in [3.8, 4) is 5.75 Å². The third-order valence-corrected chi connectivity index (χ3v) is 2.32. The number of ether oxygens (including phenoxy) is 1. The average molecular weight is 256 g/mol. The number of hydrogen-bond acceptors (Lipinski definition) is 2. The van der Waals surface area contributed by atoms with Gasteiger partial charge in [0.2, 0.25) is 0 Å². The molecule has 0 atom stereocenters. The van der Waals surface area contributed by atoms with Crippen molar-refractivity contribution in [1.29, 1.82) is 0 Å². The first-order chi connectivity index (χ1) is 8.38. The number of carbonyl (C=O) groups is 1. The van der Waals surface area contributed by atoms with Gasteiger partial charge >= 0.3 is 12.3 Å². The van der Waals surface area contributed by atoms with Crippen molar-refractivity contribution in [2.24, 2.45) is 0 Å². The number of rotatable bonds is 2. The predicted octanol–water partition coefficient (Wildman–Crippen LogP) is 3.44. The van der Waals surface area contributed by atoms with E-state index in [1.165, 1.54) is 30.3 Å². The zero-order valence-electron chi connectivity index (χ0n) is 8.86. The Morgan fingerprint density at radius 1 is 1.11 bits per heavy atom. The van der Waals surface area contributed by atoms with E-state index in [-0.39, 0.29) is 10.9 Å². The minimum Gasteiger partial charge on any atom is -0.478 e. The molecule has 0 bridgehead atoms. The molecule has 3 nitrogen and oxygen atoms in total. The molecule has 2 rings (SSSR count). The number of aromatic carboxylic acids is 1. The first kappa shape index (κ1) is 12.2. The van der Waals surface area contributed by atoms with Crippen molar-refractivity contribution in [2.45, 2.75) is 6.36 Å². The monoisotopic (exact) mass is 256 g/mol. The second-order valence-electron chi connectivity index (χ2n) is 3.51. The molecule has 2 aromatic carbocycles. The van der Waals surface area contributed by atoms with E-state index in [0.29, 0.717) is 5.39 Å². The van der Waals surface area contributed by atoms with Gasteiger partial charge in [0.25, 0.3) is 0 Å².